The Hall–Kier alpha value is -1.26. The van der Waals surface area contributed by atoms with Crippen molar-refractivity contribution in [3.63, 3.8) is 0 Å². The van der Waals surface area contributed by atoms with E-state index >= 15 is 0 Å². The first-order valence-electron chi connectivity index (χ1n) is 6.74. The summed E-state index contributed by atoms with van der Waals surface area (Å²) in [4.78, 5) is 9.15. The van der Waals surface area contributed by atoms with Gasteiger partial charge >= 0.3 is 0 Å². The number of hydrogen-bond acceptors (Lipinski definition) is 3. The third-order valence-electron chi connectivity index (χ3n) is 3.35. The molecule has 2 rings (SSSR count). The summed E-state index contributed by atoms with van der Waals surface area (Å²) in [7, 11) is 0. The lowest BCUT2D eigenvalue weighted by Crippen LogP contribution is -2.15. The highest BCUT2D eigenvalue weighted by Crippen LogP contribution is 2.29. The maximum atomic E-state index is 9.57. The Morgan fingerprint density at radius 3 is 2.50 bits per heavy atom. The zero-order valence-electron chi connectivity index (χ0n) is 12.0. The minimum Gasteiger partial charge on any atom is -0.396 e. The van der Waals surface area contributed by atoms with Gasteiger partial charge in [-0.1, -0.05) is 48.0 Å². The van der Waals surface area contributed by atoms with Gasteiger partial charge in [-0.3, -0.25) is 0 Å². The van der Waals surface area contributed by atoms with E-state index in [0.29, 0.717) is 11.7 Å². The van der Waals surface area contributed by atoms with Crippen molar-refractivity contribution in [2.45, 2.75) is 26.7 Å². The van der Waals surface area contributed by atoms with Crippen LogP contribution in [0.1, 0.15) is 31.3 Å². The first-order valence-corrected chi connectivity index (χ1v) is 7.53. The van der Waals surface area contributed by atoms with Gasteiger partial charge < -0.3 is 5.11 Å². The number of aryl methyl sites for hydroxylation is 1. The standard InChI is InChI=1S/C16H19BrN2O/c1-10(2)13(9-20)16-18-11(3)8-15(19-16)12-6-4-5-7-14(12)17/h4-8,10,13,20H,9H2,1-3H3. The number of aliphatic hydroxyl groups excluding tert-OH is 1. The van der Waals surface area contributed by atoms with E-state index in [2.05, 4.69) is 39.7 Å². The van der Waals surface area contributed by atoms with E-state index in [9.17, 15) is 5.11 Å². The molecule has 20 heavy (non-hydrogen) atoms. The highest BCUT2D eigenvalue weighted by Gasteiger charge is 2.19. The summed E-state index contributed by atoms with van der Waals surface area (Å²) in [5.74, 6) is 0.984. The summed E-state index contributed by atoms with van der Waals surface area (Å²) in [6.07, 6.45) is 0. The molecule has 0 aliphatic rings. The van der Waals surface area contributed by atoms with Gasteiger partial charge in [0.25, 0.3) is 0 Å². The van der Waals surface area contributed by atoms with E-state index in [0.717, 1.165) is 21.4 Å². The molecule has 0 aliphatic heterocycles. The lowest BCUT2D eigenvalue weighted by Gasteiger charge is -2.18. The van der Waals surface area contributed by atoms with Crippen LogP contribution in [0.15, 0.2) is 34.8 Å². The Kier molecular flexibility index (Phi) is 4.89. The number of aliphatic hydroxyl groups is 1. The fraction of sp³-hybridized carbons (Fsp3) is 0.375. The maximum absolute atomic E-state index is 9.57. The molecule has 4 heteroatoms. The van der Waals surface area contributed by atoms with E-state index in [1.807, 2.05) is 37.3 Å². The van der Waals surface area contributed by atoms with Crippen LogP contribution in [0.25, 0.3) is 11.3 Å². The molecule has 2 aromatic rings. The quantitative estimate of drug-likeness (QED) is 0.920. The number of nitrogens with zero attached hydrogens (tertiary/aromatic N) is 2. The van der Waals surface area contributed by atoms with Crippen LogP contribution in [0.2, 0.25) is 0 Å². The molecule has 0 spiro atoms. The zero-order chi connectivity index (χ0) is 14.7. The topological polar surface area (TPSA) is 46.0 Å². The predicted molar refractivity (Wildman–Crippen MR) is 84.6 cm³/mol. The van der Waals surface area contributed by atoms with Crippen molar-refractivity contribution in [1.82, 2.24) is 9.97 Å². The fourth-order valence-electron chi connectivity index (χ4n) is 2.15. The normalized spacial score (nSPS) is 12.7. The van der Waals surface area contributed by atoms with Crippen LogP contribution < -0.4 is 0 Å². The van der Waals surface area contributed by atoms with Gasteiger partial charge in [-0.15, -0.1) is 0 Å². The van der Waals surface area contributed by atoms with Crippen LogP contribution in [0, 0.1) is 12.8 Å². The third-order valence-corrected chi connectivity index (χ3v) is 4.05. The zero-order valence-corrected chi connectivity index (χ0v) is 13.6. The maximum Gasteiger partial charge on any atom is 0.134 e. The number of aromatic nitrogens is 2. The van der Waals surface area contributed by atoms with E-state index in [4.69, 9.17) is 0 Å². The van der Waals surface area contributed by atoms with Gasteiger partial charge in [-0.05, 0) is 25.0 Å². The van der Waals surface area contributed by atoms with Gasteiger partial charge in [-0.25, -0.2) is 9.97 Å². The Morgan fingerprint density at radius 1 is 1.20 bits per heavy atom. The molecule has 1 heterocycles. The number of halogens is 1. The van der Waals surface area contributed by atoms with Crippen LogP contribution in [0.3, 0.4) is 0 Å². The molecule has 0 radical (unpaired) electrons. The van der Waals surface area contributed by atoms with E-state index in [1.165, 1.54) is 0 Å². The van der Waals surface area contributed by atoms with Gasteiger partial charge in [0.05, 0.1) is 12.3 Å². The lowest BCUT2D eigenvalue weighted by atomic mass is 9.95. The third kappa shape index (κ3) is 3.25. The van der Waals surface area contributed by atoms with Crippen molar-refractivity contribution in [1.29, 1.82) is 0 Å². The molecule has 0 bridgehead atoms. The van der Waals surface area contributed by atoms with Crippen LogP contribution in [-0.2, 0) is 0 Å². The Bertz CT molecular complexity index is 599. The van der Waals surface area contributed by atoms with Gasteiger partial charge in [0.15, 0.2) is 0 Å². The molecule has 0 aliphatic carbocycles. The van der Waals surface area contributed by atoms with Crippen molar-refractivity contribution in [2.75, 3.05) is 6.61 Å². The van der Waals surface area contributed by atoms with Gasteiger partial charge in [0.2, 0.25) is 0 Å². The summed E-state index contributed by atoms with van der Waals surface area (Å²) in [6, 6.07) is 9.96. The molecule has 1 atom stereocenters. The lowest BCUT2D eigenvalue weighted by molar-refractivity contribution is 0.231. The van der Waals surface area contributed by atoms with Gasteiger partial charge in [0.1, 0.15) is 5.82 Å². The predicted octanol–water partition coefficient (Wildman–Crippen LogP) is 3.95. The molecule has 1 aromatic carbocycles. The molecular weight excluding hydrogens is 316 g/mol. The molecule has 1 unspecified atom stereocenters. The summed E-state index contributed by atoms with van der Waals surface area (Å²) in [6.45, 7) is 6.17. The second-order valence-electron chi connectivity index (χ2n) is 5.27. The molecule has 106 valence electrons. The molecule has 1 N–H and O–H groups in total. The molecule has 0 amide bonds. The SMILES string of the molecule is Cc1cc(-c2ccccc2Br)nc(C(CO)C(C)C)n1. The average molecular weight is 335 g/mol. The van der Waals surface area contributed by atoms with Crippen LogP contribution in [0.4, 0.5) is 0 Å². The van der Waals surface area contributed by atoms with E-state index in [1.54, 1.807) is 0 Å². The molecule has 0 saturated heterocycles. The highest BCUT2D eigenvalue weighted by molar-refractivity contribution is 9.10. The van der Waals surface area contributed by atoms with E-state index < -0.39 is 0 Å². The minimum atomic E-state index is -0.0314. The van der Waals surface area contributed by atoms with Gasteiger partial charge in [-0.2, -0.15) is 0 Å². The Morgan fingerprint density at radius 2 is 1.90 bits per heavy atom. The van der Waals surface area contributed by atoms with Crippen molar-refractivity contribution in [3.8, 4) is 11.3 Å². The molecular formula is C16H19BrN2O. The van der Waals surface area contributed by atoms with Crippen LogP contribution in [-0.4, -0.2) is 21.7 Å². The first-order chi connectivity index (χ1) is 9.52. The van der Waals surface area contributed by atoms with Gasteiger partial charge in [0, 0.05) is 21.6 Å². The van der Waals surface area contributed by atoms with Crippen molar-refractivity contribution in [2.24, 2.45) is 5.92 Å². The second-order valence-corrected chi connectivity index (χ2v) is 6.12. The number of hydrogen-bond donors (Lipinski definition) is 1. The van der Waals surface area contributed by atoms with Crippen molar-refractivity contribution in [3.05, 3.63) is 46.3 Å². The summed E-state index contributed by atoms with van der Waals surface area (Å²) >= 11 is 3.56. The Labute approximate surface area is 128 Å². The van der Waals surface area contributed by atoms with E-state index in [-0.39, 0.29) is 12.5 Å². The number of rotatable bonds is 4. The molecule has 0 saturated carbocycles. The second kappa shape index (κ2) is 6.46. The summed E-state index contributed by atoms with van der Waals surface area (Å²) in [5, 5.41) is 9.57. The molecule has 0 fully saturated rings. The number of benzene rings is 1. The minimum absolute atomic E-state index is 0.0314. The smallest absolute Gasteiger partial charge is 0.134 e. The van der Waals surface area contributed by atoms with Crippen molar-refractivity contribution < 1.29 is 5.11 Å². The highest BCUT2D eigenvalue weighted by atomic mass is 79.9. The fourth-order valence-corrected chi connectivity index (χ4v) is 2.64. The molecule has 3 nitrogen and oxygen atoms in total. The summed E-state index contributed by atoms with van der Waals surface area (Å²) in [5.41, 5.74) is 2.85. The van der Waals surface area contributed by atoms with Crippen LogP contribution in [0.5, 0.6) is 0 Å². The average Bonchev–Trinajstić information content (AvgIpc) is 2.39. The van der Waals surface area contributed by atoms with Crippen LogP contribution >= 0.6 is 15.9 Å². The molecule has 1 aromatic heterocycles. The Balaban J connectivity index is 2.52. The van der Waals surface area contributed by atoms with Crippen molar-refractivity contribution >= 4 is 15.9 Å². The monoisotopic (exact) mass is 334 g/mol. The largest absolute Gasteiger partial charge is 0.396 e. The first kappa shape index (κ1) is 15.1. The summed E-state index contributed by atoms with van der Waals surface area (Å²) < 4.78 is 1.01.